The molecule has 1 aliphatic heterocycles. The van der Waals surface area contributed by atoms with Crippen LogP contribution in [0.5, 0.6) is 5.75 Å². The maximum atomic E-state index is 13.5. The molecule has 1 aliphatic rings. The normalized spacial score (nSPS) is 18.7. The van der Waals surface area contributed by atoms with Gasteiger partial charge in [-0.1, -0.05) is 36.4 Å². The molecule has 2 N–H and O–H groups in total. The predicted molar refractivity (Wildman–Crippen MR) is 117 cm³/mol. The first-order chi connectivity index (χ1) is 14.1. The zero-order valence-corrected chi connectivity index (χ0v) is 17.0. The van der Waals surface area contributed by atoms with E-state index in [0.717, 1.165) is 27.6 Å². The van der Waals surface area contributed by atoms with Crippen molar-refractivity contribution < 1.29 is 14.6 Å². The van der Waals surface area contributed by atoms with Crippen molar-refractivity contribution in [1.29, 1.82) is 0 Å². The second kappa shape index (κ2) is 8.19. The number of nitrogens with one attached hydrogen (secondary N) is 1. The lowest BCUT2D eigenvalue weighted by Crippen LogP contribution is -2.37. The number of carbonyl (C=O) groups is 1. The molecule has 6 heteroatoms. The van der Waals surface area contributed by atoms with Crippen LogP contribution in [-0.4, -0.2) is 31.3 Å². The van der Waals surface area contributed by atoms with Crippen LogP contribution in [-0.2, 0) is 4.79 Å². The monoisotopic (exact) mass is 406 g/mol. The van der Waals surface area contributed by atoms with E-state index in [4.69, 9.17) is 4.74 Å². The molecule has 3 aromatic carbocycles. The number of fused-ring (bicyclic) bond motifs is 1. The number of para-hydroxylation sites is 3. The van der Waals surface area contributed by atoms with Gasteiger partial charge in [0.1, 0.15) is 11.9 Å². The topological polar surface area (TPSA) is 61.8 Å². The van der Waals surface area contributed by atoms with E-state index < -0.39 is 11.4 Å². The summed E-state index contributed by atoms with van der Waals surface area (Å²) in [5.41, 5.74) is 3.16. The first-order valence-electron chi connectivity index (χ1n) is 9.32. The number of methoxy groups -OCH3 is 1. The van der Waals surface area contributed by atoms with E-state index in [9.17, 15) is 9.90 Å². The fraction of sp³-hybridized carbons (Fsp3) is 0.174. The number of hydrogen-bond donors (Lipinski definition) is 2. The van der Waals surface area contributed by atoms with Gasteiger partial charge in [0, 0.05) is 11.9 Å². The lowest BCUT2D eigenvalue weighted by atomic mass is 10.1. The second-order valence-electron chi connectivity index (χ2n) is 6.66. The van der Waals surface area contributed by atoms with Gasteiger partial charge in [-0.3, -0.25) is 9.69 Å². The van der Waals surface area contributed by atoms with Gasteiger partial charge in [-0.15, -0.1) is 11.8 Å². The van der Waals surface area contributed by atoms with Crippen molar-refractivity contribution >= 4 is 34.7 Å². The number of hydrogen-bond acceptors (Lipinski definition) is 5. The smallest absolute Gasteiger partial charge is 0.262 e. The predicted octanol–water partition coefficient (Wildman–Crippen LogP) is 4.61. The Balaban J connectivity index is 1.83. The highest BCUT2D eigenvalue weighted by atomic mass is 32.2. The molecule has 29 heavy (non-hydrogen) atoms. The van der Waals surface area contributed by atoms with Crippen molar-refractivity contribution in [2.45, 2.75) is 16.2 Å². The Morgan fingerprint density at radius 2 is 1.62 bits per heavy atom. The fourth-order valence-electron chi connectivity index (χ4n) is 3.50. The minimum Gasteiger partial charge on any atom is -0.497 e. The molecule has 2 atom stereocenters. The maximum Gasteiger partial charge on any atom is 0.262 e. The first-order valence-corrected chi connectivity index (χ1v) is 10.2. The van der Waals surface area contributed by atoms with Crippen LogP contribution in [0.3, 0.4) is 0 Å². The molecule has 1 amide bonds. The van der Waals surface area contributed by atoms with Crippen LogP contribution in [0, 0.1) is 0 Å². The van der Waals surface area contributed by atoms with E-state index in [-0.39, 0.29) is 5.91 Å². The van der Waals surface area contributed by atoms with Gasteiger partial charge in [-0.05, 0) is 42.0 Å². The van der Waals surface area contributed by atoms with Gasteiger partial charge in [0.25, 0.3) is 5.91 Å². The van der Waals surface area contributed by atoms with Gasteiger partial charge in [-0.25, -0.2) is 0 Å². The molecule has 0 aliphatic carbocycles. The van der Waals surface area contributed by atoms with Crippen molar-refractivity contribution in [2.24, 2.45) is 0 Å². The molecule has 0 radical (unpaired) electrons. The third kappa shape index (κ3) is 3.57. The van der Waals surface area contributed by atoms with Gasteiger partial charge in [-0.2, -0.15) is 0 Å². The third-order valence-electron chi connectivity index (χ3n) is 4.98. The number of thioether (sulfide) groups is 1. The van der Waals surface area contributed by atoms with Crippen LogP contribution in [0.4, 0.5) is 17.1 Å². The summed E-state index contributed by atoms with van der Waals surface area (Å²) in [4.78, 5) is 16.0. The van der Waals surface area contributed by atoms with Gasteiger partial charge in [0.15, 0.2) is 0 Å². The van der Waals surface area contributed by atoms with Crippen LogP contribution in [0.1, 0.15) is 10.8 Å². The highest BCUT2D eigenvalue weighted by Gasteiger charge is 2.38. The molecule has 0 bridgehead atoms. The standard InChI is InChI=1S/C23H22N2O3S/c1-24-17-7-3-4-8-18(17)25-19-9-5-6-10-20(19)29-22(21(26)23(25)27)15-11-13-16(28-2)14-12-15/h3-14,21-22,24,26H,1-2H3/t21-,22+/m1/s1. The molecule has 0 saturated heterocycles. The van der Waals surface area contributed by atoms with Crippen LogP contribution < -0.4 is 15.0 Å². The summed E-state index contributed by atoms with van der Waals surface area (Å²) in [6.45, 7) is 0. The number of benzene rings is 3. The van der Waals surface area contributed by atoms with Gasteiger partial charge < -0.3 is 15.2 Å². The van der Waals surface area contributed by atoms with Crippen molar-refractivity contribution in [3.8, 4) is 5.75 Å². The molecule has 0 fully saturated rings. The van der Waals surface area contributed by atoms with E-state index in [1.54, 1.807) is 12.0 Å². The van der Waals surface area contributed by atoms with Crippen molar-refractivity contribution in [2.75, 3.05) is 24.4 Å². The highest BCUT2D eigenvalue weighted by Crippen LogP contribution is 2.48. The summed E-state index contributed by atoms with van der Waals surface area (Å²) in [7, 11) is 3.43. The van der Waals surface area contributed by atoms with Gasteiger partial charge >= 0.3 is 0 Å². The zero-order valence-electron chi connectivity index (χ0n) is 16.2. The van der Waals surface area contributed by atoms with E-state index in [1.165, 1.54) is 11.8 Å². The number of amides is 1. The highest BCUT2D eigenvalue weighted by molar-refractivity contribution is 7.99. The molecule has 3 aromatic rings. The molecule has 1 heterocycles. The molecule has 0 unspecified atom stereocenters. The minimum absolute atomic E-state index is 0.356. The molecular formula is C23H22N2O3S. The van der Waals surface area contributed by atoms with Crippen molar-refractivity contribution in [3.05, 3.63) is 78.4 Å². The van der Waals surface area contributed by atoms with E-state index in [0.29, 0.717) is 5.69 Å². The summed E-state index contributed by atoms with van der Waals surface area (Å²) in [6.07, 6.45) is -1.20. The molecule has 0 saturated carbocycles. The SMILES string of the molecule is CNc1ccccc1N1C(=O)[C@H](O)[C@H](c2ccc(OC)cc2)Sc2ccccc21. The Hall–Kier alpha value is -2.96. The summed E-state index contributed by atoms with van der Waals surface area (Å²) >= 11 is 1.49. The van der Waals surface area contributed by atoms with E-state index >= 15 is 0 Å². The average molecular weight is 407 g/mol. The van der Waals surface area contributed by atoms with Crippen LogP contribution in [0.15, 0.2) is 77.7 Å². The van der Waals surface area contributed by atoms with E-state index in [2.05, 4.69) is 5.32 Å². The number of aliphatic hydroxyl groups is 1. The number of ether oxygens (including phenoxy) is 1. The van der Waals surface area contributed by atoms with E-state index in [1.807, 2.05) is 79.8 Å². The number of anilines is 3. The summed E-state index contributed by atoms with van der Waals surface area (Å²) in [5, 5.41) is 13.8. The number of rotatable bonds is 4. The quantitative estimate of drug-likeness (QED) is 0.663. The molecule has 4 rings (SSSR count). The van der Waals surface area contributed by atoms with Crippen molar-refractivity contribution in [1.82, 2.24) is 0 Å². The Morgan fingerprint density at radius 3 is 2.31 bits per heavy atom. The lowest BCUT2D eigenvalue weighted by Gasteiger charge is -2.27. The van der Waals surface area contributed by atoms with Gasteiger partial charge in [0.05, 0.1) is 29.4 Å². The average Bonchev–Trinajstić information content (AvgIpc) is 2.88. The first kappa shape index (κ1) is 19.4. The summed E-state index contributed by atoms with van der Waals surface area (Å²) in [5.74, 6) is 0.379. The molecule has 5 nitrogen and oxygen atoms in total. The maximum absolute atomic E-state index is 13.5. The Labute approximate surface area is 174 Å². The van der Waals surface area contributed by atoms with Crippen molar-refractivity contribution in [3.63, 3.8) is 0 Å². The largest absolute Gasteiger partial charge is 0.497 e. The Bertz CT molecular complexity index is 1020. The van der Waals surface area contributed by atoms with Crippen LogP contribution in [0.2, 0.25) is 0 Å². The third-order valence-corrected chi connectivity index (χ3v) is 6.36. The zero-order chi connectivity index (χ0) is 20.4. The molecule has 0 aromatic heterocycles. The summed E-state index contributed by atoms with van der Waals surface area (Å²) < 4.78 is 5.23. The number of carbonyl (C=O) groups excluding carboxylic acids is 1. The lowest BCUT2D eigenvalue weighted by molar-refractivity contribution is -0.125. The van der Waals surface area contributed by atoms with Crippen LogP contribution in [0.25, 0.3) is 0 Å². The molecular weight excluding hydrogens is 384 g/mol. The second-order valence-corrected chi connectivity index (χ2v) is 7.85. The molecule has 0 spiro atoms. The van der Waals surface area contributed by atoms with Gasteiger partial charge in [0.2, 0.25) is 0 Å². The number of aliphatic hydroxyl groups excluding tert-OH is 1. The summed E-state index contributed by atoms with van der Waals surface area (Å²) in [6, 6.07) is 22.8. The van der Waals surface area contributed by atoms with Crippen LogP contribution >= 0.6 is 11.8 Å². The Morgan fingerprint density at radius 1 is 0.966 bits per heavy atom. The Kier molecular flexibility index (Phi) is 5.47. The fourth-order valence-corrected chi connectivity index (χ4v) is 4.75. The number of nitrogens with zero attached hydrogens (tertiary/aromatic N) is 1. The minimum atomic E-state index is -1.20. The molecule has 148 valence electrons.